The predicted octanol–water partition coefficient (Wildman–Crippen LogP) is 3.46. The van der Waals surface area contributed by atoms with Crippen LogP contribution in [0.1, 0.15) is 34.5 Å². The van der Waals surface area contributed by atoms with Gasteiger partial charge in [0, 0.05) is 26.2 Å². The highest BCUT2D eigenvalue weighted by Crippen LogP contribution is 2.33. The van der Waals surface area contributed by atoms with Gasteiger partial charge in [0.1, 0.15) is 17.9 Å². The van der Waals surface area contributed by atoms with Crippen molar-refractivity contribution in [3.63, 3.8) is 0 Å². The Labute approximate surface area is 182 Å². The van der Waals surface area contributed by atoms with Gasteiger partial charge in [-0.05, 0) is 37.7 Å². The normalized spacial score (nSPS) is 18.0. The molecule has 2 fully saturated rings. The number of anilines is 1. The average Bonchev–Trinajstić information content (AvgIpc) is 3.16. The van der Waals surface area contributed by atoms with Crippen LogP contribution in [0.25, 0.3) is 11.1 Å². The summed E-state index contributed by atoms with van der Waals surface area (Å²) in [6, 6.07) is 10.6. The van der Waals surface area contributed by atoms with Gasteiger partial charge in [-0.2, -0.15) is 0 Å². The first-order valence-corrected chi connectivity index (χ1v) is 11.1. The molecule has 2 aliphatic rings. The molecule has 4 heterocycles. The standard InChI is InChI=1S/C24H28N4O3/c1-17-20(21-22(25-16-26-23(21)31-17)27-11-13-30-14-12-27)24(29)28-9-7-19(8-10-28)15-18-5-3-2-4-6-18/h2-6,16,19H,7-15H2,1H3. The van der Waals surface area contributed by atoms with Gasteiger partial charge in [-0.3, -0.25) is 4.79 Å². The first kappa shape index (κ1) is 20.0. The number of aromatic nitrogens is 2. The number of ether oxygens (including phenoxy) is 1. The predicted molar refractivity (Wildman–Crippen MR) is 118 cm³/mol. The van der Waals surface area contributed by atoms with Crippen LogP contribution in [0.2, 0.25) is 0 Å². The van der Waals surface area contributed by atoms with Crippen molar-refractivity contribution >= 4 is 22.8 Å². The molecule has 2 aromatic heterocycles. The molecule has 162 valence electrons. The van der Waals surface area contributed by atoms with Crippen LogP contribution in [0, 0.1) is 12.8 Å². The van der Waals surface area contributed by atoms with Crippen molar-refractivity contribution in [2.45, 2.75) is 26.2 Å². The summed E-state index contributed by atoms with van der Waals surface area (Å²) in [6.45, 7) is 6.18. The molecule has 7 nitrogen and oxygen atoms in total. The van der Waals surface area contributed by atoms with Crippen LogP contribution in [-0.2, 0) is 11.2 Å². The fourth-order valence-electron chi connectivity index (χ4n) is 4.75. The largest absolute Gasteiger partial charge is 0.442 e. The van der Waals surface area contributed by atoms with E-state index in [1.807, 2.05) is 11.8 Å². The quantitative estimate of drug-likeness (QED) is 0.644. The number of morpholine rings is 1. The minimum Gasteiger partial charge on any atom is -0.442 e. The third-order valence-corrected chi connectivity index (χ3v) is 6.44. The van der Waals surface area contributed by atoms with Crippen LogP contribution in [0.15, 0.2) is 41.1 Å². The zero-order chi connectivity index (χ0) is 21.2. The van der Waals surface area contributed by atoms with Crippen molar-refractivity contribution in [1.29, 1.82) is 0 Å². The summed E-state index contributed by atoms with van der Waals surface area (Å²) in [6.07, 6.45) is 4.62. The molecule has 1 amide bonds. The number of carbonyl (C=O) groups excluding carboxylic acids is 1. The molecule has 5 rings (SSSR count). The molecular formula is C24H28N4O3. The minimum absolute atomic E-state index is 0.0266. The number of hydrogen-bond donors (Lipinski definition) is 0. The molecule has 0 aliphatic carbocycles. The Morgan fingerprint density at radius 3 is 2.55 bits per heavy atom. The number of hydrogen-bond acceptors (Lipinski definition) is 6. The first-order valence-electron chi connectivity index (χ1n) is 11.1. The lowest BCUT2D eigenvalue weighted by Gasteiger charge is -2.32. The van der Waals surface area contributed by atoms with Gasteiger partial charge < -0.3 is 19.0 Å². The van der Waals surface area contributed by atoms with Gasteiger partial charge in [-0.25, -0.2) is 9.97 Å². The van der Waals surface area contributed by atoms with E-state index in [1.165, 1.54) is 11.9 Å². The van der Waals surface area contributed by atoms with Gasteiger partial charge >= 0.3 is 0 Å². The van der Waals surface area contributed by atoms with E-state index in [4.69, 9.17) is 9.15 Å². The zero-order valence-corrected chi connectivity index (χ0v) is 17.9. The number of nitrogens with zero attached hydrogens (tertiary/aromatic N) is 4. The van der Waals surface area contributed by atoms with E-state index in [0.29, 0.717) is 36.2 Å². The Bertz CT molecular complexity index is 1050. The Hall–Kier alpha value is -2.93. The zero-order valence-electron chi connectivity index (χ0n) is 17.9. The van der Waals surface area contributed by atoms with E-state index in [0.717, 1.165) is 56.6 Å². The Balaban J connectivity index is 1.36. The number of carbonyl (C=O) groups is 1. The molecule has 0 spiro atoms. The van der Waals surface area contributed by atoms with Crippen molar-refractivity contribution in [3.8, 4) is 0 Å². The molecule has 2 aliphatic heterocycles. The molecule has 2 saturated heterocycles. The van der Waals surface area contributed by atoms with Crippen LogP contribution < -0.4 is 4.90 Å². The summed E-state index contributed by atoms with van der Waals surface area (Å²) < 4.78 is 11.4. The summed E-state index contributed by atoms with van der Waals surface area (Å²) in [5, 5.41) is 0.735. The number of likely N-dealkylation sites (tertiary alicyclic amines) is 1. The molecule has 0 bridgehead atoms. The Morgan fingerprint density at radius 1 is 1.06 bits per heavy atom. The number of piperidine rings is 1. The third-order valence-electron chi connectivity index (χ3n) is 6.44. The van der Waals surface area contributed by atoms with Crippen LogP contribution in [0.3, 0.4) is 0 Å². The van der Waals surface area contributed by atoms with Crippen LogP contribution in [-0.4, -0.2) is 60.2 Å². The maximum absolute atomic E-state index is 13.6. The minimum atomic E-state index is 0.0266. The van der Waals surface area contributed by atoms with Gasteiger partial charge in [0.05, 0.1) is 24.2 Å². The fourth-order valence-corrected chi connectivity index (χ4v) is 4.75. The van der Waals surface area contributed by atoms with Crippen molar-refractivity contribution in [3.05, 3.63) is 53.5 Å². The lowest BCUT2D eigenvalue weighted by molar-refractivity contribution is 0.0690. The number of benzene rings is 1. The number of furan rings is 1. The highest BCUT2D eigenvalue weighted by Gasteiger charge is 2.30. The maximum Gasteiger partial charge on any atom is 0.258 e. The van der Waals surface area contributed by atoms with Crippen molar-refractivity contribution in [2.75, 3.05) is 44.3 Å². The Morgan fingerprint density at radius 2 is 1.81 bits per heavy atom. The van der Waals surface area contributed by atoms with E-state index in [-0.39, 0.29) is 5.91 Å². The maximum atomic E-state index is 13.6. The first-order chi connectivity index (χ1) is 15.2. The van der Waals surface area contributed by atoms with Crippen LogP contribution in [0.5, 0.6) is 0 Å². The second kappa shape index (κ2) is 8.67. The number of rotatable bonds is 4. The summed E-state index contributed by atoms with van der Waals surface area (Å²) in [5.74, 6) is 2.02. The summed E-state index contributed by atoms with van der Waals surface area (Å²) in [7, 11) is 0. The van der Waals surface area contributed by atoms with E-state index < -0.39 is 0 Å². The highest BCUT2D eigenvalue weighted by atomic mass is 16.5. The molecule has 0 radical (unpaired) electrons. The van der Waals surface area contributed by atoms with Gasteiger partial charge in [0.2, 0.25) is 5.71 Å². The van der Waals surface area contributed by atoms with Gasteiger partial charge in [-0.15, -0.1) is 0 Å². The number of amides is 1. The van der Waals surface area contributed by atoms with Crippen LogP contribution in [0.4, 0.5) is 5.82 Å². The van der Waals surface area contributed by atoms with E-state index >= 15 is 0 Å². The summed E-state index contributed by atoms with van der Waals surface area (Å²) >= 11 is 0. The van der Waals surface area contributed by atoms with Gasteiger partial charge in [0.25, 0.3) is 5.91 Å². The molecule has 0 N–H and O–H groups in total. The molecule has 0 saturated carbocycles. The second-order valence-corrected chi connectivity index (χ2v) is 8.44. The third kappa shape index (κ3) is 4.02. The molecular weight excluding hydrogens is 392 g/mol. The molecule has 0 atom stereocenters. The highest BCUT2D eigenvalue weighted by molar-refractivity contribution is 6.10. The molecule has 31 heavy (non-hydrogen) atoms. The van der Waals surface area contributed by atoms with E-state index in [1.54, 1.807) is 0 Å². The second-order valence-electron chi connectivity index (χ2n) is 8.44. The topological polar surface area (TPSA) is 71.7 Å². The summed E-state index contributed by atoms with van der Waals surface area (Å²) in [5.41, 5.74) is 2.46. The van der Waals surface area contributed by atoms with E-state index in [9.17, 15) is 4.79 Å². The Kier molecular flexibility index (Phi) is 5.59. The SMILES string of the molecule is Cc1oc2ncnc(N3CCOCC3)c2c1C(=O)N1CCC(Cc2ccccc2)CC1. The van der Waals surface area contributed by atoms with Gasteiger partial charge in [-0.1, -0.05) is 30.3 Å². The molecule has 1 aromatic carbocycles. The van der Waals surface area contributed by atoms with Crippen molar-refractivity contribution in [2.24, 2.45) is 5.92 Å². The molecule has 0 unspecified atom stereocenters. The van der Waals surface area contributed by atoms with Gasteiger partial charge in [0.15, 0.2) is 0 Å². The number of fused-ring (bicyclic) bond motifs is 1. The smallest absolute Gasteiger partial charge is 0.258 e. The lowest BCUT2D eigenvalue weighted by Crippen LogP contribution is -2.39. The number of aryl methyl sites for hydroxylation is 1. The molecule has 7 heteroatoms. The summed E-state index contributed by atoms with van der Waals surface area (Å²) in [4.78, 5) is 26.5. The van der Waals surface area contributed by atoms with Crippen LogP contribution >= 0.6 is 0 Å². The lowest BCUT2D eigenvalue weighted by atomic mass is 9.90. The fraction of sp³-hybridized carbons (Fsp3) is 0.458. The van der Waals surface area contributed by atoms with Crippen molar-refractivity contribution in [1.82, 2.24) is 14.9 Å². The molecule has 3 aromatic rings. The average molecular weight is 421 g/mol. The monoisotopic (exact) mass is 420 g/mol. The van der Waals surface area contributed by atoms with E-state index in [2.05, 4.69) is 45.2 Å². The van der Waals surface area contributed by atoms with Crippen molar-refractivity contribution < 1.29 is 13.9 Å².